The van der Waals surface area contributed by atoms with E-state index in [0.29, 0.717) is 12.5 Å². The van der Waals surface area contributed by atoms with E-state index in [-0.39, 0.29) is 12.5 Å². The van der Waals surface area contributed by atoms with Gasteiger partial charge in [-0.25, -0.2) is 4.79 Å². The zero-order valence-electron chi connectivity index (χ0n) is 26.2. The molecule has 1 heterocycles. The molecule has 234 valence electrons. The fourth-order valence-corrected chi connectivity index (χ4v) is 6.48. The van der Waals surface area contributed by atoms with Gasteiger partial charge in [0, 0.05) is 12.0 Å². The lowest BCUT2D eigenvalue weighted by molar-refractivity contribution is -0.122. The molecule has 1 aliphatic rings. The van der Waals surface area contributed by atoms with Gasteiger partial charge in [-0.2, -0.15) is 0 Å². The number of benzene rings is 4. The fraction of sp³-hybridized carbons (Fsp3) is 0.333. The molecule has 1 fully saturated rings. The average Bonchev–Trinajstić information content (AvgIpc) is 3.10. The van der Waals surface area contributed by atoms with Crippen LogP contribution in [0.5, 0.6) is 0 Å². The molecule has 6 heteroatoms. The van der Waals surface area contributed by atoms with Crippen molar-refractivity contribution in [3.8, 4) is 0 Å². The molecule has 0 spiro atoms. The molecule has 0 radical (unpaired) electrons. The number of likely N-dealkylation sites (tertiary alicyclic amines) is 1. The van der Waals surface area contributed by atoms with E-state index in [1.54, 1.807) is 6.92 Å². The molecule has 5 rings (SSSR count). The Morgan fingerprint density at radius 1 is 0.800 bits per heavy atom. The van der Waals surface area contributed by atoms with Gasteiger partial charge in [0.05, 0.1) is 0 Å². The topological polar surface area (TPSA) is 70.7 Å². The number of amides is 2. The Labute approximate surface area is 267 Å². The highest BCUT2D eigenvalue weighted by Crippen LogP contribution is 2.37. The summed E-state index contributed by atoms with van der Waals surface area (Å²) in [6.45, 7) is 5.47. The molecular formula is C39H45N3O3. The van der Waals surface area contributed by atoms with Gasteiger partial charge in [0.1, 0.15) is 12.6 Å². The van der Waals surface area contributed by atoms with Gasteiger partial charge in [-0.05, 0) is 80.4 Å². The lowest BCUT2D eigenvalue weighted by atomic mass is 9.71. The quantitative estimate of drug-likeness (QED) is 0.172. The maximum atomic E-state index is 13.3. The van der Waals surface area contributed by atoms with Crippen molar-refractivity contribution in [2.45, 2.75) is 56.6 Å². The first-order chi connectivity index (χ1) is 22.0. The first kappa shape index (κ1) is 32.0. The third kappa shape index (κ3) is 8.83. The predicted octanol–water partition coefficient (Wildman–Crippen LogP) is 7.06. The van der Waals surface area contributed by atoms with Crippen LogP contribution in [-0.2, 0) is 21.6 Å². The summed E-state index contributed by atoms with van der Waals surface area (Å²) >= 11 is 0. The number of carbonyl (C=O) groups excluding carboxylic acids is 2. The van der Waals surface area contributed by atoms with Gasteiger partial charge < -0.3 is 20.3 Å². The summed E-state index contributed by atoms with van der Waals surface area (Å²) in [6.07, 6.45) is 3.62. The summed E-state index contributed by atoms with van der Waals surface area (Å²) in [5, 5.41) is 5.88. The molecule has 1 saturated heterocycles. The number of ether oxygens (including phenoxy) is 1. The number of carbonyl (C=O) groups is 2. The normalized spacial score (nSPS) is 14.8. The highest BCUT2D eigenvalue weighted by atomic mass is 16.5. The van der Waals surface area contributed by atoms with Crippen molar-refractivity contribution >= 4 is 12.0 Å². The predicted molar refractivity (Wildman–Crippen MR) is 180 cm³/mol. The van der Waals surface area contributed by atoms with Crippen LogP contribution in [0.25, 0.3) is 0 Å². The third-order valence-corrected chi connectivity index (χ3v) is 9.09. The Morgan fingerprint density at radius 2 is 1.33 bits per heavy atom. The fourth-order valence-electron chi connectivity index (χ4n) is 6.48. The van der Waals surface area contributed by atoms with Crippen LogP contribution in [0, 0.1) is 0 Å². The molecule has 6 nitrogen and oxygen atoms in total. The SMILES string of the molecule is C[C@H](NC(=O)OCc1ccccc1)C(=O)NCC(CCCN1CCC(c2ccccc2)CC1)(c1ccccc1)c1ccccc1. The van der Waals surface area contributed by atoms with Gasteiger partial charge in [0.25, 0.3) is 0 Å². The Morgan fingerprint density at radius 3 is 1.91 bits per heavy atom. The monoisotopic (exact) mass is 603 g/mol. The number of hydrogen-bond acceptors (Lipinski definition) is 4. The molecule has 0 unspecified atom stereocenters. The number of alkyl carbamates (subject to hydrolysis) is 1. The van der Waals surface area contributed by atoms with Gasteiger partial charge in [-0.1, -0.05) is 121 Å². The summed E-state index contributed by atoms with van der Waals surface area (Å²) in [5.74, 6) is 0.391. The average molecular weight is 604 g/mol. The van der Waals surface area contributed by atoms with Crippen molar-refractivity contribution in [1.29, 1.82) is 0 Å². The zero-order valence-corrected chi connectivity index (χ0v) is 26.2. The highest BCUT2D eigenvalue weighted by molar-refractivity contribution is 5.85. The van der Waals surface area contributed by atoms with Crippen LogP contribution in [0.15, 0.2) is 121 Å². The summed E-state index contributed by atoms with van der Waals surface area (Å²) in [4.78, 5) is 28.4. The van der Waals surface area contributed by atoms with Crippen molar-refractivity contribution in [2.75, 3.05) is 26.2 Å². The van der Waals surface area contributed by atoms with Crippen molar-refractivity contribution < 1.29 is 14.3 Å². The molecule has 1 atom stereocenters. The second-order valence-electron chi connectivity index (χ2n) is 12.1. The van der Waals surface area contributed by atoms with Crippen LogP contribution >= 0.6 is 0 Å². The van der Waals surface area contributed by atoms with E-state index in [9.17, 15) is 9.59 Å². The maximum absolute atomic E-state index is 13.3. The van der Waals surface area contributed by atoms with E-state index in [0.717, 1.165) is 38.0 Å². The number of piperidine rings is 1. The van der Waals surface area contributed by atoms with Crippen LogP contribution in [0.1, 0.15) is 60.8 Å². The van der Waals surface area contributed by atoms with E-state index in [4.69, 9.17) is 4.74 Å². The second-order valence-corrected chi connectivity index (χ2v) is 12.1. The van der Waals surface area contributed by atoms with Crippen LogP contribution in [0.3, 0.4) is 0 Å². The Balaban J connectivity index is 1.23. The number of nitrogens with one attached hydrogen (secondary N) is 2. The Bertz CT molecular complexity index is 1420. The van der Waals surface area contributed by atoms with Crippen molar-refractivity contribution in [3.63, 3.8) is 0 Å². The molecule has 2 N–H and O–H groups in total. The molecule has 0 aliphatic carbocycles. The van der Waals surface area contributed by atoms with E-state index in [1.807, 2.05) is 42.5 Å². The van der Waals surface area contributed by atoms with Crippen molar-refractivity contribution in [2.24, 2.45) is 0 Å². The molecule has 0 saturated carbocycles. The van der Waals surface area contributed by atoms with Gasteiger partial charge in [-0.15, -0.1) is 0 Å². The van der Waals surface area contributed by atoms with E-state index >= 15 is 0 Å². The van der Waals surface area contributed by atoms with Gasteiger partial charge in [-0.3, -0.25) is 4.79 Å². The minimum absolute atomic E-state index is 0.149. The van der Waals surface area contributed by atoms with Crippen molar-refractivity contribution in [3.05, 3.63) is 144 Å². The number of nitrogens with zero attached hydrogens (tertiary/aromatic N) is 1. The highest BCUT2D eigenvalue weighted by Gasteiger charge is 2.35. The molecule has 1 aliphatic heterocycles. The third-order valence-electron chi connectivity index (χ3n) is 9.09. The largest absolute Gasteiger partial charge is 0.445 e. The van der Waals surface area contributed by atoms with E-state index in [1.165, 1.54) is 29.5 Å². The lowest BCUT2D eigenvalue weighted by Gasteiger charge is -2.37. The van der Waals surface area contributed by atoms with Crippen LogP contribution in [0.4, 0.5) is 4.79 Å². The summed E-state index contributed by atoms with van der Waals surface area (Å²) < 4.78 is 5.34. The minimum Gasteiger partial charge on any atom is -0.445 e. The molecule has 2 amide bonds. The van der Waals surface area contributed by atoms with Crippen LogP contribution in [-0.4, -0.2) is 49.1 Å². The molecule has 45 heavy (non-hydrogen) atoms. The summed E-state index contributed by atoms with van der Waals surface area (Å²) in [7, 11) is 0. The Hall–Kier alpha value is -4.42. The molecule has 0 bridgehead atoms. The zero-order chi connectivity index (χ0) is 31.3. The van der Waals surface area contributed by atoms with Crippen LogP contribution in [0.2, 0.25) is 0 Å². The Kier molecular flexibility index (Phi) is 11.4. The van der Waals surface area contributed by atoms with E-state index < -0.39 is 17.6 Å². The molecule has 4 aromatic carbocycles. The number of rotatable bonds is 13. The molecular weight excluding hydrogens is 558 g/mol. The van der Waals surface area contributed by atoms with Crippen LogP contribution < -0.4 is 10.6 Å². The standard InChI is InChI=1S/C39H45N3O3/c1-31(41-38(44)45-29-32-15-6-2-7-16-32)37(43)40-30-39(35-19-10-4-11-20-35,36-21-12-5-13-22-36)25-14-26-42-27-23-34(24-28-42)33-17-8-3-9-18-33/h2-13,15-22,31,34H,14,23-30H2,1H3,(H,40,43)(H,41,44)/t31-/m0/s1. The first-order valence-electron chi connectivity index (χ1n) is 16.2. The van der Waals surface area contributed by atoms with E-state index in [2.05, 4.69) is 94.4 Å². The smallest absolute Gasteiger partial charge is 0.408 e. The van der Waals surface area contributed by atoms with Gasteiger partial charge in [0.15, 0.2) is 0 Å². The summed E-state index contributed by atoms with van der Waals surface area (Å²) in [5.41, 5.74) is 4.26. The second kappa shape index (κ2) is 16.1. The first-order valence-corrected chi connectivity index (χ1v) is 16.2. The van der Waals surface area contributed by atoms with Gasteiger partial charge >= 0.3 is 6.09 Å². The molecule has 0 aromatic heterocycles. The summed E-state index contributed by atoms with van der Waals surface area (Å²) in [6, 6.07) is 40.6. The lowest BCUT2D eigenvalue weighted by Crippen LogP contribution is -2.49. The number of hydrogen-bond donors (Lipinski definition) is 2. The van der Waals surface area contributed by atoms with Crippen molar-refractivity contribution in [1.82, 2.24) is 15.5 Å². The minimum atomic E-state index is -0.747. The maximum Gasteiger partial charge on any atom is 0.408 e. The van der Waals surface area contributed by atoms with Gasteiger partial charge in [0.2, 0.25) is 5.91 Å². The molecule has 4 aromatic rings.